The summed E-state index contributed by atoms with van der Waals surface area (Å²) in [5.41, 5.74) is 13.9. The van der Waals surface area contributed by atoms with E-state index < -0.39 is 0 Å². The van der Waals surface area contributed by atoms with Crippen molar-refractivity contribution in [2.24, 2.45) is 0 Å². The topological polar surface area (TPSA) is 29.5 Å². The third kappa shape index (κ3) is 3.76. The average Bonchev–Trinajstić information content (AvgIpc) is 3.77. The van der Waals surface area contributed by atoms with E-state index in [2.05, 4.69) is 158 Å². The first-order valence-corrected chi connectivity index (χ1v) is 16.5. The molecule has 2 aromatic heterocycles. The van der Waals surface area contributed by atoms with Crippen LogP contribution in [-0.4, -0.2) is 0 Å². The second kappa shape index (κ2) is 9.97. The van der Waals surface area contributed by atoms with E-state index in [1.807, 2.05) is 12.1 Å². The number of furan rings is 2. The molecule has 0 amide bonds. The Labute approximate surface area is 278 Å². The SMILES string of the molecule is CC1(C)c2ccccc2-c2ccc(N(c3ccccc3-c3ccccc3)c3c4oc5ccccc5c4cc4oc5ccccc5c34)cc21. The van der Waals surface area contributed by atoms with Crippen LogP contribution in [0.3, 0.4) is 0 Å². The minimum absolute atomic E-state index is 0.157. The number of hydrogen-bond donors (Lipinski definition) is 0. The lowest BCUT2D eigenvalue weighted by molar-refractivity contribution is 0.660. The van der Waals surface area contributed by atoms with Crippen LogP contribution < -0.4 is 4.90 Å². The van der Waals surface area contributed by atoms with Crippen molar-refractivity contribution in [3.63, 3.8) is 0 Å². The molecule has 1 aliphatic carbocycles. The zero-order valence-corrected chi connectivity index (χ0v) is 26.7. The van der Waals surface area contributed by atoms with Gasteiger partial charge in [0, 0.05) is 32.8 Å². The van der Waals surface area contributed by atoms with Crippen LogP contribution in [0.2, 0.25) is 0 Å². The maximum absolute atomic E-state index is 6.88. The lowest BCUT2D eigenvalue weighted by atomic mass is 9.82. The number of nitrogens with zero attached hydrogens (tertiary/aromatic N) is 1. The number of hydrogen-bond acceptors (Lipinski definition) is 3. The molecule has 0 bridgehead atoms. The average molecular weight is 618 g/mol. The summed E-state index contributed by atoms with van der Waals surface area (Å²) < 4.78 is 13.5. The van der Waals surface area contributed by atoms with Gasteiger partial charge < -0.3 is 13.7 Å². The first-order valence-electron chi connectivity index (χ1n) is 16.5. The highest BCUT2D eigenvalue weighted by atomic mass is 16.3. The van der Waals surface area contributed by atoms with Gasteiger partial charge in [0.05, 0.1) is 11.1 Å². The van der Waals surface area contributed by atoms with Crippen LogP contribution in [0, 0.1) is 0 Å². The fourth-order valence-electron chi connectivity index (χ4n) is 8.00. The predicted molar refractivity (Wildman–Crippen MR) is 199 cm³/mol. The summed E-state index contributed by atoms with van der Waals surface area (Å²) in [6.45, 7) is 4.68. The van der Waals surface area contributed by atoms with Gasteiger partial charge in [0.25, 0.3) is 0 Å². The molecule has 228 valence electrons. The number of para-hydroxylation sites is 3. The van der Waals surface area contributed by atoms with Gasteiger partial charge in [0.1, 0.15) is 22.4 Å². The highest BCUT2D eigenvalue weighted by Crippen LogP contribution is 2.54. The molecule has 7 aromatic carbocycles. The molecule has 9 aromatic rings. The molecule has 0 saturated carbocycles. The standard InChI is InChI=1S/C45H31NO2/c1-45(2)36-20-10-6-17-31(36)32-25-24-29(26-37(32)45)46(38-21-11-7-16-30(38)28-14-4-3-5-15-28)43-42-34-19-9-13-23-40(34)47-41(42)27-35-33-18-8-12-22-39(33)48-44(35)43/h3-27H,1-2H3. The fraction of sp³-hybridized carbons (Fsp3) is 0.0667. The molecular formula is C45H31NO2. The molecule has 0 saturated heterocycles. The monoisotopic (exact) mass is 617 g/mol. The molecule has 1 aliphatic rings. The van der Waals surface area contributed by atoms with Crippen LogP contribution in [0.15, 0.2) is 160 Å². The number of anilines is 3. The van der Waals surface area contributed by atoms with Crippen molar-refractivity contribution in [1.29, 1.82) is 0 Å². The molecule has 3 heteroatoms. The van der Waals surface area contributed by atoms with Crippen molar-refractivity contribution in [1.82, 2.24) is 0 Å². The van der Waals surface area contributed by atoms with E-state index in [-0.39, 0.29) is 5.41 Å². The third-order valence-electron chi connectivity index (χ3n) is 10.3. The van der Waals surface area contributed by atoms with Crippen LogP contribution in [0.5, 0.6) is 0 Å². The Morgan fingerprint density at radius 3 is 1.96 bits per heavy atom. The summed E-state index contributed by atoms with van der Waals surface area (Å²) in [6, 6.07) is 53.9. The van der Waals surface area contributed by atoms with E-state index in [1.165, 1.54) is 22.3 Å². The summed E-state index contributed by atoms with van der Waals surface area (Å²) in [5, 5.41) is 4.19. The summed E-state index contributed by atoms with van der Waals surface area (Å²) >= 11 is 0. The van der Waals surface area contributed by atoms with Crippen molar-refractivity contribution in [3.05, 3.63) is 163 Å². The normalized spacial score (nSPS) is 13.4. The van der Waals surface area contributed by atoms with Gasteiger partial charge in [-0.15, -0.1) is 0 Å². The van der Waals surface area contributed by atoms with Gasteiger partial charge in [-0.3, -0.25) is 0 Å². The molecular weight excluding hydrogens is 587 g/mol. The van der Waals surface area contributed by atoms with Crippen molar-refractivity contribution in [2.45, 2.75) is 19.3 Å². The molecule has 0 atom stereocenters. The van der Waals surface area contributed by atoms with Crippen molar-refractivity contribution < 1.29 is 8.83 Å². The summed E-state index contributed by atoms with van der Waals surface area (Å²) in [4.78, 5) is 2.41. The molecule has 0 spiro atoms. The van der Waals surface area contributed by atoms with Crippen LogP contribution in [0.4, 0.5) is 17.1 Å². The molecule has 48 heavy (non-hydrogen) atoms. The minimum Gasteiger partial charge on any atom is -0.456 e. The van der Waals surface area contributed by atoms with E-state index in [1.54, 1.807) is 0 Å². The third-order valence-corrected chi connectivity index (χ3v) is 10.3. The Balaban J connectivity index is 1.37. The molecule has 0 fully saturated rings. The summed E-state index contributed by atoms with van der Waals surface area (Å²) in [7, 11) is 0. The first kappa shape index (κ1) is 27.1. The van der Waals surface area contributed by atoms with E-state index in [4.69, 9.17) is 8.83 Å². The van der Waals surface area contributed by atoms with Crippen LogP contribution in [0.25, 0.3) is 66.1 Å². The quantitative estimate of drug-likeness (QED) is 0.197. The summed E-state index contributed by atoms with van der Waals surface area (Å²) in [6.07, 6.45) is 0. The van der Waals surface area contributed by atoms with E-state index in [0.29, 0.717) is 0 Å². The van der Waals surface area contributed by atoms with Gasteiger partial charge in [-0.1, -0.05) is 129 Å². The Kier molecular flexibility index (Phi) is 5.63. The van der Waals surface area contributed by atoms with Gasteiger partial charge >= 0.3 is 0 Å². The smallest absolute Gasteiger partial charge is 0.160 e. The molecule has 3 nitrogen and oxygen atoms in total. The van der Waals surface area contributed by atoms with Gasteiger partial charge in [-0.25, -0.2) is 0 Å². The van der Waals surface area contributed by atoms with Crippen molar-refractivity contribution >= 4 is 60.9 Å². The fourth-order valence-corrected chi connectivity index (χ4v) is 8.00. The van der Waals surface area contributed by atoms with Gasteiger partial charge in [-0.2, -0.15) is 0 Å². The Morgan fingerprint density at radius 2 is 1.12 bits per heavy atom. The first-order chi connectivity index (χ1) is 23.6. The molecule has 2 heterocycles. The van der Waals surface area contributed by atoms with Crippen molar-refractivity contribution in [3.8, 4) is 22.3 Å². The largest absolute Gasteiger partial charge is 0.456 e. The lowest BCUT2D eigenvalue weighted by Crippen LogP contribution is -2.17. The van der Waals surface area contributed by atoms with E-state index in [0.717, 1.165) is 72.1 Å². The lowest BCUT2D eigenvalue weighted by Gasteiger charge is -2.30. The highest BCUT2D eigenvalue weighted by Gasteiger charge is 2.36. The molecule has 10 rings (SSSR count). The molecule has 0 aliphatic heterocycles. The molecule has 0 unspecified atom stereocenters. The zero-order chi connectivity index (χ0) is 32.0. The van der Waals surface area contributed by atoms with Crippen LogP contribution >= 0.6 is 0 Å². The minimum atomic E-state index is -0.157. The molecule has 0 radical (unpaired) electrons. The van der Waals surface area contributed by atoms with E-state index >= 15 is 0 Å². The van der Waals surface area contributed by atoms with Crippen molar-refractivity contribution in [2.75, 3.05) is 4.90 Å². The second-order valence-corrected chi connectivity index (χ2v) is 13.3. The summed E-state index contributed by atoms with van der Waals surface area (Å²) in [5.74, 6) is 0. The zero-order valence-electron chi connectivity index (χ0n) is 26.7. The Hall–Kier alpha value is -6.06. The molecule has 0 N–H and O–H groups in total. The Morgan fingerprint density at radius 1 is 0.479 bits per heavy atom. The van der Waals surface area contributed by atoms with Gasteiger partial charge in [0.15, 0.2) is 5.58 Å². The maximum atomic E-state index is 6.88. The van der Waals surface area contributed by atoms with E-state index in [9.17, 15) is 0 Å². The Bertz CT molecular complexity index is 2700. The van der Waals surface area contributed by atoms with Crippen LogP contribution in [0.1, 0.15) is 25.0 Å². The number of rotatable bonds is 4. The van der Waals surface area contributed by atoms with Gasteiger partial charge in [0.2, 0.25) is 0 Å². The van der Waals surface area contributed by atoms with Gasteiger partial charge in [-0.05, 0) is 64.2 Å². The number of benzene rings is 7. The van der Waals surface area contributed by atoms with Crippen LogP contribution in [-0.2, 0) is 5.41 Å². The highest BCUT2D eigenvalue weighted by molar-refractivity contribution is 6.24. The maximum Gasteiger partial charge on any atom is 0.160 e. The second-order valence-electron chi connectivity index (χ2n) is 13.3. The number of fused-ring (bicyclic) bond motifs is 9. The predicted octanol–water partition coefficient (Wildman–Crippen LogP) is 12.9.